The molecule has 0 radical (unpaired) electrons. The maximum atomic E-state index is 12.9. The first-order valence-electron chi connectivity index (χ1n) is 15.7. The number of hydrogen-bond acceptors (Lipinski definition) is 4. The third-order valence-electron chi connectivity index (χ3n) is 7.56. The number of hydrogen-bond donors (Lipinski definition) is 3. The molecular weight excluding hydrogens is 485 g/mol. The summed E-state index contributed by atoms with van der Waals surface area (Å²) >= 11 is 0. The fourth-order valence-corrected chi connectivity index (χ4v) is 6.45. The summed E-state index contributed by atoms with van der Waals surface area (Å²) in [5.74, 6) is -1.60. The summed E-state index contributed by atoms with van der Waals surface area (Å²) in [6.45, 7) is 4.75. The van der Waals surface area contributed by atoms with Gasteiger partial charge in [0.25, 0.3) is 0 Å². The Bertz CT molecular complexity index is 569. The van der Waals surface area contributed by atoms with Gasteiger partial charge in [-0.1, -0.05) is 110 Å². The van der Waals surface area contributed by atoms with Crippen LogP contribution < -0.4 is 0 Å². The summed E-state index contributed by atoms with van der Waals surface area (Å²) in [7, 11) is 2.41. The van der Waals surface area contributed by atoms with E-state index in [-0.39, 0.29) is 6.42 Å². The number of aliphatic hydroxyl groups is 2. The van der Waals surface area contributed by atoms with Crippen LogP contribution in [0.1, 0.15) is 149 Å². The van der Waals surface area contributed by atoms with Crippen molar-refractivity contribution in [1.82, 2.24) is 0 Å². The van der Waals surface area contributed by atoms with Crippen LogP contribution in [0.4, 0.5) is 0 Å². The summed E-state index contributed by atoms with van der Waals surface area (Å²) in [6, 6.07) is 0. The summed E-state index contributed by atoms with van der Waals surface area (Å²) in [5.41, 5.74) is -0.833. The standard InChI is InChI=1S/C30H64NO5P/c1-6-8-9-10-11-12-13-14-15-16-17-18-20-23-26-30(33,7-2)36-37(34,35)29(28-32)25-22-19-21-24-27-31(3,4)5/h29,32-33H,6-28H2,1-5H3/p+1. The summed E-state index contributed by atoms with van der Waals surface area (Å²) < 4.78 is 19.3. The Labute approximate surface area is 230 Å². The SMILES string of the molecule is CCCCCCCCCCCCCCCCC(O)(CC)OP(=O)(O)C(CO)CCCCCC[N+](C)(C)C. The quantitative estimate of drug-likeness (QED) is 0.0415. The first-order chi connectivity index (χ1) is 17.5. The van der Waals surface area contributed by atoms with E-state index in [2.05, 4.69) is 28.1 Å². The summed E-state index contributed by atoms with van der Waals surface area (Å²) in [4.78, 5) is 10.6. The van der Waals surface area contributed by atoms with Gasteiger partial charge in [-0.05, 0) is 32.1 Å². The number of nitrogens with zero attached hydrogens (tertiary/aromatic N) is 1. The molecule has 0 aromatic carbocycles. The minimum atomic E-state index is -4.11. The van der Waals surface area contributed by atoms with E-state index in [0.717, 1.165) is 56.0 Å². The number of aliphatic hydroxyl groups excluding tert-OH is 1. The van der Waals surface area contributed by atoms with Gasteiger partial charge in [0.1, 0.15) is 0 Å². The highest BCUT2D eigenvalue weighted by molar-refractivity contribution is 7.53. The molecule has 0 spiro atoms. The highest BCUT2D eigenvalue weighted by Gasteiger charge is 2.40. The normalized spacial score (nSPS) is 16.4. The first kappa shape index (κ1) is 37.0. The minimum Gasteiger partial charge on any atom is -0.395 e. The molecule has 224 valence electrons. The minimum absolute atomic E-state index is 0.263. The molecular formula is C30H65NO5P+. The molecule has 0 heterocycles. The molecule has 0 fully saturated rings. The lowest BCUT2D eigenvalue weighted by Crippen LogP contribution is -2.35. The lowest BCUT2D eigenvalue weighted by atomic mass is 10.0. The molecule has 6 nitrogen and oxygen atoms in total. The molecule has 3 N–H and O–H groups in total. The fraction of sp³-hybridized carbons (Fsp3) is 1.00. The van der Waals surface area contributed by atoms with Crippen LogP contribution in [-0.2, 0) is 9.09 Å². The third kappa shape index (κ3) is 21.5. The van der Waals surface area contributed by atoms with E-state index < -0.39 is 25.6 Å². The van der Waals surface area contributed by atoms with Crippen molar-refractivity contribution >= 4 is 7.60 Å². The second-order valence-electron chi connectivity index (χ2n) is 12.4. The van der Waals surface area contributed by atoms with Crippen LogP contribution in [-0.4, -0.2) is 65.3 Å². The Morgan fingerprint density at radius 2 is 1.16 bits per heavy atom. The number of unbranched alkanes of at least 4 members (excludes halogenated alkanes) is 16. The predicted octanol–water partition coefficient (Wildman–Crippen LogP) is 8.18. The molecule has 37 heavy (non-hydrogen) atoms. The Morgan fingerprint density at radius 3 is 1.59 bits per heavy atom. The van der Waals surface area contributed by atoms with Crippen molar-refractivity contribution in [2.24, 2.45) is 0 Å². The molecule has 0 aromatic rings. The van der Waals surface area contributed by atoms with E-state index in [1.165, 1.54) is 70.6 Å². The van der Waals surface area contributed by atoms with Crippen molar-refractivity contribution in [3.8, 4) is 0 Å². The molecule has 3 atom stereocenters. The predicted molar refractivity (Wildman–Crippen MR) is 158 cm³/mol. The molecule has 0 saturated carbocycles. The Morgan fingerprint density at radius 1 is 0.730 bits per heavy atom. The number of quaternary nitrogens is 1. The van der Waals surface area contributed by atoms with Crippen LogP contribution in [0.2, 0.25) is 0 Å². The van der Waals surface area contributed by atoms with Crippen LogP contribution in [0.3, 0.4) is 0 Å². The van der Waals surface area contributed by atoms with Crippen LogP contribution >= 0.6 is 7.60 Å². The molecule has 3 unspecified atom stereocenters. The third-order valence-corrected chi connectivity index (χ3v) is 9.51. The molecule has 0 aromatic heterocycles. The smallest absolute Gasteiger partial charge is 0.335 e. The van der Waals surface area contributed by atoms with Crippen LogP contribution in [0, 0.1) is 0 Å². The average Bonchev–Trinajstić information content (AvgIpc) is 2.82. The molecule has 0 bridgehead atoms. The van der Waals surface area contributed by atoms with E-state index in [9.17, 15) is 19.7 Å². The number of rotatable bonds is 27. The summed E-state index contributed by atoms with van der Waals surface area (Å²) in [6.07, 6.45) is 22.6. The van der Waals surface area contributed by atoms with Gasteiger partial charge in [0.15, 0.2) is 5.79 Å². The molecule has 0 saturated heterocycles. The Hall–Kier alpha value is 0.0300. The molecule has 0 rings (SSSR count). The van der Waals surface area contributed by atoms with Crippen LogP contribution in [0.5, 0.6) is 0 Å². The highest BCUT2D eigenvalue weighted by atomic mass is 31.2. The first-order valence-corrected chi connectivity index (χ1v) is 17.3. The maximum Gasteiger partial charge on any atom is 0.335 e. The Balaban J connectivity index is 4.08. The van der Waals surface area contributed by atoms with E-state index in [4.69, 9.17) is 4.52 Å². The van der Waals surface area contributed by atoms with Crippen molar-refractivity contribution in [2.45, 2.75) is 160 Å². The average molecular weight is 551 g/mol. The van der Waals surface area contributed by atoms with Crippen molar-refractivity contribution in [3.05, 3.63) is 0 Å². The van der Waals surface area contributed by atoms with Gasteiger partial charge in [0.05, 0.1) is 40.0 Å². The maximum absolute atomic E-state index is 12.9. The lowest BCUT2D eigenvalue weighted by molar-refractivity contribution is -0.870. The highest BCUT2D eigenvalue weighted by Crippen LogP contribution is 2.53. The van der Waals surface area contributed by atoms with Gasteiger partial charge in [-0.3, -0.25) is 9.09 Å². The van der Waals surface area contributed by atoms with Gasteiger partial charge in [0.2, 0.25) is 0 Å². The van der Waals surface area contributed by atoms with Crippen LogP contribution in [0.15, 0.2) is 0 Å². The molecule has 0 aliphatic heterocycles. The largest absolute Gasteiger partial charge is 0.395 e. The zero-order chi connectivity index (χ0) is 28.0. The molecule has 0 aliphatic carbocycles. The molecule has 0 amide bonds. The van der Waals surface area contributed by atoms with Gasteiger partial charge >= 0.3 is 7.60 Å². The van der Waals surface area contributed by atoms with E-state index in [1.807, 2.05) is 0 Å². The zero-order valence-corrected chi connectivity index (χ0v) is 26.3. The Kier molecular flexibility index (Phi) is 21.8. The summed E-state index contributed by atoms with van der Waals surface area (Å²) in [5, 5.41) is 20.6. The second-order valence-corrected chi connectivity index (χ2v) is 14.4. The lowest BCUT2D eigenvalue weighted by Gasteiger charge is -2.32. The van der Waals surface area contributed by atoms with E-state index in [1.54, 1.807) is 6.92 Å². The van der Waals surface area contributed by atoms with Gasteiger partial charge in [0, 0.05) is 6.42 Å². The van der Waals surface area contributed by atoms with E-state index in [0.29, 0.717) is 12.8 Å². The van der Waals surface area contributed by atoms with Gasteiger partial charge in [-0.25, -0.2) is 0 Å². The molecule has 0 aliphatic rings. The van der Waals surface area contributed by atoms with Gasteiger partial charge in [-0.2, -0.15) is 0 Å². The van der Waals surface area contributed by atoms with Crippen molar-refractivity contribution in [1.29, 1.82) is 0 Å². The van der Waals surface area contributed by atoms with E-state index >= 15 is 0 Å². The van der Waals surface area contributed by atoms with Crippen molar-refractivity contribution < 1.29 is 28.7 Å². The van der Waals surface area contributed by atoms with Gasteiger partial charge in [-0.15, -0.1) is 0 Å². The molecule has 7 heteroatoms. The topological polar surface area (TPSA) is 87.0 Å². The zero-order valence-electron chi connectivity index (χ0n) is 25.4. The fourth-order valence-electron chi connectivity index (χ4n) is 4.88. The van der Waals surface area contributed by atoms with Gasteiger partial charge < -0.3 is 19.6 Å². The monoisotopic (exact) mass is 550 g/mol. The van der Waals surface area contributed by atoms with Crippen molar-refractivity contribution in [3.63, 3.8) is 0 Å². The second kappa shape index (κ2) is 21.8. The van der Waals surface area contributed by atoms with Crippen molar-refractivity contribution in [2.75, 3.05) is 34.3 Å². The van der Waals surface area contributed by atoms with Crippen LogP contribution in [0.25, 0.3) is 0 Å².